The van der Waals surface area contributed by atoms with Gasteiger partial charge < -0.3 is 5.32 Å². The topological polar surface area (TPSA) is 29.9 Å². The molecule has 0 aliphatic rings. The maximum atomic E-state index is 4.56. The number of aryl methyl sites for hydroxylation is 2. The van der Waals surface area contributed by atoms with Crippen molar-refractivity contribution < 1.29 is 0 Å². The molecule has 1 heterocycles. The van der Waals surface area contributed by atoms with Gasteiger partial charge in [0.2, 0.25) is 0 Å². The van der Waals surface area contributed by atoms with Gasteiger partial charge in [0.15, 0.2) is 0 Å². The van der Waals surface area contributed by atoms with Crippen molar-refractivity contribution in [2.45, 2.75) is 53.2 Å². The number of hydrogen-bond acceptors (Lipinski definition) is 3. The van der Waals surface area contributed by atoms with Crippen molar-refractivity contribution in [2.75, 3.05) is 11.5 Å². The lowest BCUT2D eigenvalue weighted by atomic mass is 10.3. The smallest absolute Gasteiger partial charge is 0.0625 e. The van der Waals surface area contributed by atoms with Gasteiger partial charge >= 0.3 is 0 Å². The van der Waals surface area contributed by atoms with Crippen LogP contribution in [-0.4, -0.2) is 27.3 Å². The van der Waals surface area contributed by atoms with E-state index in [1.54, 1.807) is 0 Å². The van der Waals surface area contributed by atoms with E-state index in [0.29, 0.717) is 6.04 Å². The van der Waals surface area contributed by atoms with Crippen molar-refractivity contribution in [3.05, 3.63) is 17.5 Å². The summed E-state index contributed by atoms with van der Waals surface area (Å²) >= 11 is 1.99. The Morgan fingerprint density at radius 1 is 1.41 bits per heavy atom. The van der Waals surface area contributed by atoms with E-state index >= 15 is 0 Å². The Kier molecular flexibility index (Phi) is 6.66. The fraction of sp³-hybridized carbons (Fsp3) is 0.769. The Morgan fingerprint density at radius 2 is 2.18 bits per heavy atom. The number of hydrogen-bond donors (Lipinski definition) is 1. The second-order valence-electron chi connectivity index (χ2n) is 4.24. The molecular formula is C13H25N3S. The molecule has 0 spiro atoms. The molecule has 0 aliphatic carbocycles. The van der Waals surface area contributed by atoms with Gasteiger partial charge in [-0.25, -0.2) is 0 Å². The molecule has 4 heteroatoms. The van der Waals surface area contributed by atoms with Crippen LogP contribution in [0.15, 0.2) is 6.07 Å². The van der Waals surface area contributed by atoms with Crippen LogP contribution in [-0.2, 0) is 19.5 Å². The number of thioether (sulfide) groups is 1. The van der Waals surface area contributed by atoms with Crippen molar-refractivity contribution in [1.82, 2.24) is 15.1 Å². The highest BCUT2D eigenvalue weighted by Gasteiger charge is 2.07. The van der Waals surface area contributed by atoms with Gasteiger partial charge in [0, 0.05) is 24.9 Å². The monoisotopic (exact) mass is 255 g/mol. The maximum Gasteiger partial charge on any atom is 0.0625 e. The van der Waals surface area contributed by atoms with Gasteiger partial charge in [-0.1, -0.05) is 13.8 Å². The van der Waals surface area contributed by atoms with Crippen LogP contribution in [0.2, 0.25) is 0 Å². The summed E-state index contributed by atoms with van der Waals surface area (Å²) in [6, 6.07) is 2.78. The molecule has 17 heavy (non-hydrogen) atoms. The molecule has 0 saturated carbocycles. The van der Waals surface area contributed by atoms with Crippen LogP contribution in [0.4, 0.5) is 0 Å². The molecule has 0 aromatic carbocycles. The van der Waals surface area contributed by atoms with Crippen LogP contribution in [0, 0.1) is 0 Å². The normalized spacial score (nSPS) is 12.9. The second-order valence-corrected chi connectivity index (χ2v) is 5.56. The summed E-state index contributed by atoms with van der Waals surface area (Å²) in [5.74, 6) is 2.37. The average Bonchev–Trinajstić information content (AvgIpc) is 2.76. The maximum absolute atomic E-state index is 4.56. The average molecular weight is 255 g/mol. The van der Waals surface area contributed by atoms with Gasteiger partial charge in [0.1, 0.15) is 0 Å². The van der Waals surface area contributed by atoms with Gasteiger partial charge in [-0.3, -0.25) is 4.68 Å². The van der Waals surface area contributed by atoms with Gasteiger partial charge in [-0.2, -0.15) is 16.9 Å². The van der Waals surface area contributed by atoms with Crippen molar-refractivity contribution in [1.29, 1.82) is 0 Å². The number of aromatic nitrogens is 2. The third-order valence-corrected chi connectivity index (χ3v) is 3.92. The predicted molar refractivity (Wildman–Crippen MR) is 76.6 cm³/mol. The van der Waals surface area contributed by atoms with Crippen molar-refractivity contribution in [2.24, 2.45) is 0 Å². The minimum atomic E-state index is 0.560. The van der Waals surface area contributed by atoms with Crippen LogP contribution in [0.5, 0.6) is 0 Å². The minimum Gasteiger partial charge on any atom is -0.308 e. The molecule has 1 N–H and O–H groups in total. The first kappa shape index (κ1) is 14.6. The van der Waals surface area contributed by atoms with Gasteiger partial charge in [0.25, 0.3) is 0 Å². The van der Waals surface area contributed by atoms with Crippen LogP contribution in [0.3, 0.4) is 0 Å². The number of nitrogens with one attached hydrogen (secondary N) is 1. The minimum absolute atomic E-state index is 0.560. The second kappa shape index (κ2) is 7.77. The summed E-state index contributed by atoms with van der Waals surface area (Å²) in [4.78, 5) is 0. The third kappa shape index (κ3) is 4.72. The Morgan fingerprint density at radius 3 is 2.76 bits per heavy atom. The lowest BCUT2D eigenvalue weighted by molar-refractivity contribution is 0.543. The first-order chi connectivity index (χ1) is 8.21. The van der Waals surface area contributed by atoms with E-state index in [0.717, 1.165) is 19.5 Å². The predicted octanol–water partition coefficient (Wildman–Crippen LogP) is 2.70. The highest BCUT2D eigenvalue weighted by Crippen LogP contribution is 2.07. The van der Waals surface area contributed by atoms with E-state index in [4.69, 9.17) is 0 Å². The Balaban J connectivity index is 2.47. The lowest BCUT2D eigenvalue weighted by Gasteiger charge is -2.13. The quantitative estimate of drug-likeness (QED) is 0.774. The third-order valence-electron chi connectivity index (χ3n) is 2.78. The molecule has 0 aliphatic heterocycles. The molecule has 0 saturated heterocycles. The molecule has 3 nitrogen and oxygen atoms in total. The summed E-state index contributed by atoms with van der Waals surface area (Å²) in [6.45, 7) is 10.6. The summed E-state index contributed by atoms with van der Waals surface area (Å²) < 4.78 is 2.10. The molecule has 0 amide bonds. The SMILES string of the molecule is CCSCC(C)NCc1cc(CC)nn1CC. The zero-order valence-electron chi connectivity index (χ0n) is 11.5. The number of rotatable bonds is 8. The first-order valence-corrected chi connectivity index (χ1v) is 7.73. The summed E-state index contributed by atoms with van der Waals surface area (Å²) in [6.07, 6.45) is 1.02. The van der Waals surface area contributed by atoms with Gasteiger partial charge in [-0.15, -0.1) is 0 Å². The standard InChI is InChI=1S/C13H25N3S/c1-5-12-8-13(16(6-2)15-12)9-14-11(4)10-17-7-3/h8,11,14H,5-7,9-10H2,1-4H3. The van der Waals surface area contributed by atoms with E-state index in [9.17, 15) is 0 Å². The largest absolute Gasteiger partial charge is 0.308 e. The zero-order chi connectivity index (χ0) is 12.7. The fourth-order valence-electron chi connectivity index (χ4n) is 1.74. The van der Waals surface area contributed by atoms with E-state index in [1.165, 1.54) is 22.9 Å². The van der Waals surface area contributed by atoms with Gasteiger partial charge in [-0.05, 0) is 32.1 Å². The highest BCUT2D eigenvalue weighted by atomic mass is 32.2. The summed E-state index contributed by atoms with van der Waals surface area (Å²) in [5.41, 5.74) is 2.50. The zero-order valence-corrected chi connectivity index (χ0v) is 12.3. The van der Waals surface area contributed by atoms with Crippen LogP contribution in [0.1, 0.15) is 39.1 Å². The van der Waals surface area contributed by atoms with Crippen LogP contribution >= 0.6 is 11.8 Å². The molecule has 1 atom stereocenters. The van der Waals surface area contributed by atoms with E-state index in [2.05, 4.69) is 48.9 Å². The fourth-order valence-corrected chi connectivity index (χ4v) is 2.44. The van der Waals surface area contributed by atoms with E-state index in [1.807, 2.05) is 11.8 Å². The Bertz CT molecular complexity index is 322. The molecule has 1 unspecified atom stereocenters. The number of nitrogens with zero attached hydrogens (tertiary/aromatic N) is 2. The molecule has 0 fully saturated rings. The van der Waals surface area contributed by atoms with Gasteiger partial charge in [0.05, 0.1) is 11.4 Å². The summed E-state index contributed by atoms with van der Waals surface area (Å²) in [5, 5.41) is 8.12. The van der Waals surface area contributed by atoms with Crippen molar-refractivity contribution >= 4 is 11.8 Å². The van der Waals surface area contributed by atoms with Crippen molar-refractivity contribution in [3.63, 3.8) is 0 Å². The van der Waals surface area contributed by atoms with Crippen LogP contribution < -0.4 is 5.32 Å². The molecule has 1 aromatic rings. The molecule has 1 aromatic heterocycles. The Hall–Kier alpha value is -0.480. The van der Waals surface area contributed by atoms with Crippen molar-refractivity contribution in [3.8, 4) is 0 Å². The molecule has 1 rings (SSSR count). The molecule has 0 radical (unpaired) electrons. The first-order valence-electron chi connectivity index (χ1n) is 6.57. The molecular weight excluding hydrogens is 230 g/mol. The van der Waals surface area contributed by atoms with Crippen LogP contribution in [0.25, 0.3) is 0 Å². The molecule has 98 valence electrons. The lowest BCUT2D eigenvalue weighted by Crippen LogP contribution is -2.28. The summed E-state index contributed by atoms with van der Waals surface area (Å²) in [7, 11) is 0. The highest BCUT2D eigenvalue weighted by molar-refractivity contribution is 7.99. The molecule has 0 bridgehead atoms. The van der Waals surface area contributed by atoms with E-state index in [-0.39, 0.29) is 0 Å². The van der Waals surface area contributed by atoms with E-state index < -0.39 is 0 Å². The Labute approximate surface area is 109 Å².